The van der Waals surface area contributed by atoms with Crippen LogP contribution in [0, 0.1) is 0 Å². The first-order valence-corrected chi connectivity index (χ1v) is 4.74. The molecular weight excluding hydrogens is 200 g/mol. The molecule has 0 bridgehead atoms. The van der Waals surface area contributed by atoms with Crippen LogP contribution in [0.2, 0.25) is 0 Å². The van der Waals surface area contributed by atoms with E-state index in [0.717, 1.165) is 0 Å². The summed E-state index contributed by atoms with van der Waals surface area (Å²) >= 11 is 1.19. The van der Waals surface area contributed by atoms with Gasteiger partial charge in [-0.2, -0.15) is 0 Å². The topological polar surface area (TPSA) is 47.3 Å². The number of hydrogen-bond donors (Lipinski definition) is 0. The van der Waals surface area contributed by atoms with E-state index in [4.69, 9.17) is 4.42 Å². The Kier molecular flexibility index (Phi) is 2.28. The van der Waals surface area contributed by atoms with Gasteiger partial charge in [-0.05, 0) is 23.6 Å². The highest BCUT2D eigenvalue weighted by atomic mass is 32.1. The summed E-state index contributed by atoms with van der Waals surface area (Å²) in [6.45, 7) is 0. The Morgan fingerprint density at radius 3 is 2.93 bits per heavy atom. The van der Waals surface area contributed by atoms with Gasteiger partial charge in [0, 0.05) is 5.56 Å². The third-order valence-corrected chi connectivity index (χ3v) is 2.56. The van der Waals surface area contributed by atoms with Crippen LogP contribution in [-0.2, 0) is 4.79 Å². The minimum atomic E-state index is -0.283. The predicted octanol–water partition coefficient (Wildman–Crippen LogP) is 2.03. The molecule has 0 amide bonds. The van der Waals surface area contributed by atoms with Crippen LogP contribution in [0.5, 0.6) is 0 Å². The van der Waals surface area contributed by atoms with Crippen LogP contribution in [0.25, 0.3) is 0 Å². The largest absolute Gasteiger partial charge is 0.461 e. The molecule has 0 aliphatic rings. The molecule has 0 aliphatic heterocycles. The second-order valence-corrected chi connectivity index (χ2v) is 3.49. The van der Waals surface area contributed by atoms with Crippen LogP contribution in [0.15, 0.2) is 34.3 Å². The summed E-state index contributed by atoms with van der Waals surface area (Å²) in [7, 11) is 0. The Hall–Kier alpha value is -1.68. The SMILES string of the molecule is O=[C]c1sccc1C(=O)c1ccco1. The molecule has 2 heterocycles. The van der Waals surface area contributed by atoms with Gasteiger partial charge in [-0.25, -0.2) is 0 Å². The molecule has 0 aromatic carbocycles. The zero-order valence-corrected chi connectivity index (χ0v) is 7.84. The van der Waals surface area contributed by atoms with E-state index in [2.05, 4.69) is 0 Å². The molecule has 1 radical (unpaired) electrons. The Morgan fingerprint density at radius 2 is 2.29 bits per heavy atom. The lowest BCUT2D eigenvalue weighted by Gasteiger charge is -1.93. The van der Waals surface area contributed by atoms with E-state index in [1.165, 1.54) is 17.6 Å². The van der Waals surface area contributed by atoms with E-state index in [-0.39, 0.29) is 11.5 Å². The Bertz CT molecular complexity index is 453. The third kappa shape index (κ3) is 1.40. The van der Waals surface area contributed by atoms with E-state index in [9.17, 15) is 9.59 Å². The van der Waals surface area contributed by atoms with Crippen LogP contribution in [0.4, 0.5) is 0 Å². The number of thiophene rings is 1. The van der Waals surface area contributed by atoms with Crippen LogP contribution < -0.4 is 0 Å². The normalized spacial score (nSPS) is 10.0. The van der Waals surface area contributed by atoms with Gasteiger partial charge in [0.05, 0.1) is 11.1 Å². The van der Waals surface area contributed by atoms with Gasteiger partial charge < -0.3 is 4.42 Å². The van der Waals surface area contributed by atoms with Crippen LogP contribution >= 0.6 is 11.3 Å². The van der Waals surface area contributed by atoms with Gasteiger partial charge in [0.1, 0.15) is 0 Å². The van der Waals surface area contributed by atoms with Crippen molar-refractivity contribution in [2.75, 3.05) is 0 Å². The molecule has 0 atom stereocenters. The maximum Gasteiger partial charge on any atom is 0.245 e. The number of ketones is 1. The molecular formula is C10H5O3S. The molecule has 4 heteroatoms. The summed E-state index contributed by atoms with van der Waals surface area (Å²) in [6.07, 6.45) is 3.14. The summed E-state index contributed by atoms with van der Waals surface area (Å²) in [5.41, 5.74) is 0.347. The molecule has 2 aromatic rings. The fraction of sp³-hybridized carbons (Fsp3) is 0. The van der Waals surface area contributed by atoms with Gasteiger partial charge in [0.25, 0.3) is 0 Å². The Balaban J connectivity index is 2.41. The van der Waals surface area contributed by atoms with Crippen molar-refractivity contribution in [1.82, 2.24) is 0 Å². The molecule has 2 aromatic heterocycles. The molecule has 3 nitrogen and oxygen atoms in total. The van der Waals surface area contributed by atoms with Crippen LogP contribution in [0.1, 0.15) is 21.0 Å². The van der Waals surface area contributed by atoms with Gasteiger partial charge in [-0.1, -0.05) is 0 Å². The zero-order chi connectivity index (χ0) is 9.97. The number of rotatable bonds is 3. The van der Waals surface area contributed by atoms with Gasteiger partial charge in [0.15, 0.2) is 5.76 Å². The number of carbonyl (C=O) groups is 1. The summed E-state index contributed by atoms with van der Waals surface area (Å²) in [5.74, 6) is -0.0468. The van der Waals surface area contributed by atoms with Crippen molar-refractivity contribution < 1.29 is 14.0 Å². The Morgan fingerprint density at radius 1 is 1.43 bits per heavy atom. The molecule has 0 aliphatic carbocycles. The van der Waals surface area contributed by atoms with E-state index in [0.29, 0.717) is 10.4 Å². The fourth-order valence-electron chi connectivity index (χ4n) is 1.11. The number of hydrogen-bond acceptors (Lipinski definition) is 4. The molecule has 0 saturated heterocycles. The molecule has 14 heavy (non-hydrogen) atoms. The first kappa shape index (κ1) is 8.90. The molecule has 69 valence electrons. The maximum atomic E-state index is 11.7. The lowest BCUT2D eigenvalue weighted by atomic mass is 10.1. The minimum absolute atomic E-state index is 0.236. The lowest BCUT2D eigenvalue weighted by Crippen LogP contribution is -2.00. The summed E-state index contributed by atoms with van der Waals surface area (Å²) in [6, 6.07) is 4.79. The van der Waals surface area contributed by atoms with Crippen molar-refractivity contribution in [1.29, 1.82) is 0 Å². The first-order chi connectivity index (χ1) is 6.83. The molecule has 0 unspecified atom stereocenters. The van der Waals surface area contributed by atoms with Crippen molar-refractivity contribution in [3.63, 3.8) is 0 Å². The van der Waals surface area contributed by atoms with E-state index >= 15 is 0 Å². The predicted molar refractivity (Wildman–Crippen MR) is 51.3 cm³/mol. The monoisotopic (exact) mass is 205 g/mol. The van der Waals surface area contributed by atoms with Gasteiger partial charge in [-0.3, -0.25) is 9.59 Å². The fourth-order valence-corrected chi connectivity index (χ4v) is 1.78. The highest BCUT2D eigenvalue weighted by Gasteiger charge is 2.16. The zero-order valence-electron chi connectivity index (χ0n) is 7.02. The van der Waals surface area contributed by atoms with Gasteiger partial charge in [-0.15, -0.1) is 11.3 Å². The first-order valence-electron chi connectivity index (χ1n) is 3.87. The van der Waals surface area contributed by atoms with Crippen molar-refractivity contribution in [3.8, 4) is 0 Å². The molecule has 2 rings (SSSR count). The van der Waals surface area contributed by atoms with Crippen molar-refractivity contribution in [2.24, 2.45) is 0 Å². The third-order valence-electron chi connectivity index (χ3n) is 1.75. The summed E-state index contributed by atoms with van der Waals surface area (Å²) < 4.78 is 4.94. The second kappa shape index (κ2) is 3.59. The van der Waals surface area contributed by atoms with Crippen molar-refractivity contribution in [2.45, 2.75) is 0 Å². The number of furan rings is 1. The molecule has 0 spiro atoms. The molecule has 0 saturated carbocycles. The maximum absolute atomic E-state index is 11.7. The van der Waals surface area contributed by atoms with Crippen molar-refractivity contribution >= 4 is 23.4 Å². The van der Waals surface area contributed by atoms with Crippen LogP contribution in [0.3, 0.4) is 0 Å². The molecule has 0 fully saturated rings. The highest BCUT2D eigenvalue weighted by molar-refractivity contribution is 7.12. The van der Waals surface area contributed by atoms with Gasteiger partial charge in [0.2, 0.25) is 12.1 Å². The quantitative estimate of drug-likeness (QED) is 0.720. The minimum Gasteiger partial charge on any atom is -0.461 e. The summed E-state index contributed by atoms with van der Waals surface area (Å²) in [4.78, 5) is 22.5. The second-order valence-electron chi connectivity index (χ2n) is 2.57. The highest BCUT2D eigenvalue weighted by Crippen LogP contribution is 2.18. The average molecular weight is 205 g/mol. The Labute approximate surface area is 84.0 Å². The van der Waals surface area contributed by atoms with Crippen molar-refractivity contribution in [3.05, 3.63) is 46.0 Å². The van der Waals surface area contributed by atoms with E-state index < -0.39 is 0 Å². The van der Waals surface area contributed by atoms with E-state index in [1.807, 2.05) is 0 Å². The number of carbonyl (C=O) groups excluding carboxylic acids is 2. The lowest BCUT2D eigenvalue weighted by molar-refractivity contribution is 0.101. The molecule has 0 N–H and O–H groups in total. The smallest absolute Gasteiger partial charge is 0.245 e. The van der Waals surface area contributed by atoms with Gasteiger partial charge >= 0.3 is 0 Å². The summed E-state index contributed by atoms with van der Waals surface area (Å²) in [5, 5.41) is 1.68. The van der Waals surface area contributed by atoms with E-state index in [1.54, 1.807) is 29.9 Å². The average Bonchev–Trinajstić information content (AvgIpc) is 2.87. The van der Waals surface area contributed by atoms with Crippen LogP contribution in [-0.4, -0.2) is 12.1 Å². The standard InChI is InChI=1S/C10H5O3S/c11-6-9-7(3-5-14-9)10(12)8-2-1-4-13-8/h1-5H.